The molecule has 0 spiro atoms. The molecule has 1 saturated heterocycles. The van der Waals surface area contributed by atoms with Gasteiger partial charge in [-0.1, -0.05) is 0 Å². The number of phenols is 1. The maximum Gasteiger partial charge on any atom is 0.206 e. The second-order valence-corrected chi connectivity index (χ2v) is 10.8. The molecule has 2 aromatic carbocycles. The minimum absolute atomic E-state index is 0.0224. The maximum absolute atomic E-state index is 12.7. The van der Waals surface area contributed by atoms with Crippen molar-refractivity contribution in [2.75, 3.05) is 7.05 Å². The van der Waals surface area contributed by atoms with Crippen molar-refractivity contribution in [1.29, 1.82) is 0 Å². The molecule has 0 atom stereocenters. The second kappa shape index (κ2) is 7.08. The fraction of sp³-hybridized carbons (Fsp3) is 0.455. The smallest absolute Gasteiger partial charge is 0.206 e. The van der Waals surface area contributed by atoms with Crippen molar-refractivity contribution in [3.63, 3.8) is 0 Å². The van der Waals surface area contributed by atoms with E-state index in [0.717, 1.165) is 12.8 Å². The van der Waals surface area contributed by atoms with Crippen LogP contribution in [0.5, 0.6) is 11.5 Å². The van der Waals surface area contributed by atoms with E-state index in [1.165, 1.54) is 24.3 Å². The third kappa shape index (κ3) is 4.03. The van der Waals surface area contributed by atoms with Gasteiger partial charge < -0.3 is 9.84 Å². The first-order chi connectivity index (χ1) is 12.9. The number of nitrogens with zero attached hydrogens (tertiary/aromatic N) is 1. The SMILES string of the molecule is CN1C(C)(C)CC(Oc2ccc(S(=O)(=O)c3ccc(O)cc3)cc2)CC1(C)C. The first kappa shape index (κ1) is 20.7. The zero-order valence-electron chi connectivity index (χ0n) is 17.1. The molecule has 1 aliphatic rings. The minimum atomic E-state index is -3.62. The monoisotopic (exact) mass is 403 g/mol. The number of phenolic OH excluding ortho intramolecular Hbond substituents is 1. The van der Waals surface area contributed by atoms with Gasteiger partial charge in [-0.05, 0) is 83.3 Å². The molecule has 5 nitrogen and oxygen atoms in total. The molecule has 0 amide bonds. The molecule has 3 rings (SSSR count). The molecule has 0 saturated carbocycles. The number of piperidine rings is 1. The predicted octanol–water partition coefficient (Wildman–Crippen LogP) is 4.26. The quantitative estimate of drug-likeness (QED) is 0.826. The third-order valence-electron chi connectivity index (χ3n) is 5.85. The normalized spacial score (nSPS) is 20.0. The van der Waals surface area contributed by atoms with Crippen molar-refractivity contribution in [1.82, 2.24) is 4.90 Å². The molecule has 0 bridgehead atoms. The number of benzene rings is 2. The van der Waals surface area contributed by atoms with Crippen LogP contribution in [0.4, 0.5) is 0 Å². The molecule has 1 N–H and O–H groups in total. The van der Waals surface area contributed by atoms with Crippen LogP contribution in [-0.4, -0.2) is 42.7 Å². The molecular weight excluding hydrogens is 374 g/mol. The molecule has 1 aliphatic heterocycles. The Morgan fingerprint density at radius 3 is 1.79 bits per heavy atom. The van der Waals surface area contributed by atoms with E-state index >= 15 is 0 Å². The Morgan fingerprint density at radius 2 is 1.32 bits per heavy atom. The summed E-state index contributed by atoms with van der Waals surface area (Å²) in [5, 5.41) is 9.36. The van der Waals surface area contributed by atoms with Crippen LogP contribution in [0.3, 0.4) is 0 Å². The van der Waals surface area contributed by atoms with Gasteiger partial charge in [-0.3, -0.25) is 4.90 Å². The van der Waals surface area contributed by atoms with Crippen LogP contribution in [0.25, 0.3) is 0 Å². The number of aromatic hydroxyl groups is 1. The van der Waals surface area contributed by atoms with E-state index in [-0.39, 0.29) is 32.7 Å². The molecule has 6 heteroatoms. The van der Waals surface area contributed by atoms with Gasteiger partial charge in [0.2, 0.25) is 9.84 Å². The maximum atomic E-state index is 12.7. The number of ether oxygens (including phenoxy) is 1. The van der Waals surface area contributed by atoms with E-state index in [2.05, 4.69) is 39.6 Å². The Labute approximate surface area is 167 Å². The zero-order valence-corrected chi connectivity index (χ0v) is 18.0. The van der Waals surface area contributed by atoms with E-state index in [1.54, 1.807) is 24.3 Å². The highest BCUT2D eigenvalue weighted by Gasteiger charge is 2.43. The summed E-state index contributed by atoms with van der Waals surface area (Å²) >= 11 is 0. The van der Waals surface area contributed by atoms with E-state index in [1.807, 2.05) is 0 Å². The topological polar surface area (TPSA) is 66.8 Å². The van der Waals surface area contributed by atoms with Crippen molar-refractivity contribution >= 4 is 9.84 Å². The molecule has 0 unspecified atom stereocenters. The van der Waals surface area contributed by atoms with Gasteiger partial charge in [-0.15, -0.1) is 0 Å². The van der Waals surface area contributed by atoms with Gasteiger partial charge in [-0.2, -0.15) is 0 Å². The molecule has 152 valence electrons. The largest absolute Gasteiger partial charge is 0.508 e. The predicted molar refractivity (Wildman–Crippen MR) is 110 cm³/mol. The van der Waals surface area contributed by atoms with Gasteiger partial charge in [-0.25, -0.2) is 8.42 Å². The van der Waals surface area contributed by atoms with Crippen LogP contribution in [0.15, 0.2) is 58.3 Å². The Kier molecular flexibility index (Phi) is 5.23. The molecule has 0 aromatic heterocycles. The number of sulfone groups is 1. The molecule has 1 fully saturated rings. The molecule has 28 heavy (non-hydrogen) atoms. The number of hydrogen-bond donors (Lipinski definition) is 1. The van der Waals surface area contributed by atoms with Gasteiger partial charge in [0.15, 0.2) is 0 Å². The van der Waals surface area contributed by atoms with Crippen molar-refractivity contribution in [2.45, 2.75) is 67.5 Å². The summed E-state index contributed by atoms with van der Waals surface area (Å²) in [6.45, 7) is 8.88. The Hall–Kier alpha value is -2.05. The lowest BCUT2D eigenvalue weighted by Crippen LogP contribution is -2.60. The average molecular weight is 404 g/mol. The van der Waals surface area contributed by atoms with Crippen LogP contribution in [0, 0.1) is 0 Å². The van der Waals surface area contributed by atoms with Crippen molar-refractivity contribution < 1.29 is 18.3 Å². The summed E-state index contributed by atoms with van der Waals surface area (Å²) in [5.74, 6) is 0.706. The highest BCUT2D eigenvalue weighted by Crippen LogP contribution is 2.38. The Morgan fingerprint density at radius 1 is 0.893 bits per heavy atom. The fourth-order valence-corrected chi connectivity index (χ4v) is 5.28. The lowest BCUT2D eigenvalue weighted by Gasteiger charge is -2.53. The van der Waals surface area contributed by atoms with Gasteiger partial charge >= 0.3 is 0 Å². The third-order valence-corrected chi connectivity index (χ3v) is 7.64. The van der Waals surface area contributed by atoms with Gasteiger partial charge in [0.1, 0.15) is 17.6 Å². The standard InChI is InChI=1S/C22H29NO4S/c1-21(2)14-18(15-22(3,4)23(21)5)27-17-8-12-20(13-9-17)28(25,26)19-10-6-16(24)7-11-19/h6-13,18,24H,14-15H2,1-5H3. The van der Waals surface area contributed by atoms with Crippen molar-refractivity contribution in [2.24, 2.45) is 0 Å². The summed E-state index contributed by atoms with van der Waals surface area (Å²) < 4.78 is 31.7. The summed E-state index contributed by atoms with van der Waals surface area (Å²) in [7, 11) is -1.47. The molecule has 0 aliphatic carbocycles. The van der Waals surface area contributed by atoms with Gasteiger partial charge in [0.05, 0.1) is 9.79 Å². The highest BCUT2D eigenvalue weighted by molar-refractivity contribution is 7.91. The van der Waals surface area contributed by atoms with Crippen LogP contribution in [0.2, 0.25) is 0 Å². The number of hydrogen-bond acceptors (Lipinski definition) is 5. The van der Waals surface area contributed by atoms with Crippen LogP contribution in [-0.2, 0) is 9.84 Å². The second-order valence-electron chi connectivity index (χ2n) is 8.80. The molecular formula is C22H29NO4S. The van der Waals surface area contributed by atoms with Crippen LogP contribution < -0.4 is 4.74 Å². The van der Waals surface area contributed by atoms with Crippen molar-refractivity contribution in [3.05, 3.63) is 48.5 Å². The van der Waals surface area contributed by atoms with E-state index < -0.39 is 9.84 Å². The lowest BCUT2D eigenvalue weighted by molar-refractivity contribution is -0.0556. The summed E-state index contributed by atoms with van der Waals surface area (Å²) in [4.78, 5) is 2.75. The zero-order chi connectivity index (χ0) is 20.7. The lowest BCUT2D eigenvalue weighted by atomic mass is 9.79. The molecule has 1 heterocycles. The van der Waals surface area contributed by atoms with E-state index in [9.17, 15) is 13.5 Å². The number of likely N-dealkylation sites (tertiary alicyclic amines) is 1. The summed E-state index contributed by atoms with van der Waals surface area (Å²) in [6, 6.07) is 12.1. The van der Waals surface area contributed by atoms with Gasteiger partial charge in [0, 0.05) is 23.9 Å². The minimum Gasteiger partial charge on any atom is -0.508 e. The number of rotatable bonds is 4. The van der Waals surface area contributed by atoms with Gasteiger partial charge in [0.25, 0.3) is 0 Å². The fourth-order valence-electron chi connectivity index (χ4n) is 4.01. The van der Waals surface area contributed by atoms with Crippen LogP contribution >= 0.6 is 0 Å². The van der Waals surface area contributed by atoms with E-state index in [4.69, 9.17) is 4.74 Å². The Balaban J connectivity index is 1.77. The molecule has 0 radical (unpaired) electrons. The molecule has 2 aromatic rings. The van der Waals surface area contributed by atoms with E-state index in [0.29, 0.717) is 5.75 Å². The Bertz CT molecular complexity index is 914. The first-order valence-corrected chi connectivity index (χ1v) is 10.9. The van der Waals surface area contributed by atoms with Crippen molar-refractivity contribution in [3.8, 4) is 11.5 Å². The first-order valence-electron chi connectivity index (χ1n) is 9.47. The average Bonchev–Trinajstić information content (AvgIpc) is 2.60. The highest BCUT2D eigenvalue weighted by atomic mass is 32.2. The summed E-state index contributed by atoms with van der Waals surface area (Å²) in [5.41, 5.74) is 0.0448. The summed E-state index contributed by atoms with van der Waals surface area (Å²) in [6.07, 6.45) is 1.88. The van der Waals surface area contributed by atoms with Crippen LogP contribution in [0.1, 0.15) is 40.5 Å².